The van der Waals surface area contributed by atoms with E-state index in [1.165, 1.54) is 0 Å². The van der Waals surface area contributed by atoms with Crippen molar-refractivity contribution in [3.63, 3.8) is 0 Å². The topological polar surface area (TPSA) is 43.1 Å². The molecule has 0 aliphatic heterocycles. The second-order valence-corrected chi connectivity index (χ2v) is 3.23. The van der Waals surface area contributed by atoms with Gasteiger partial charge in [-0.05, 0) is 28.1 Å². The average molecular weight is 226 g/mol. The lowest BCUT2D eigenvalue weighted by Crippen LogP contribution is -1.70. The van der Waals surface area contributed by atoms with E-state index in [2.05, 4.69) is 20.9 Å². The van der Waals surface area contributed by atoms with Gasteiger partial charge >= 0.3 is 0 Å². The average Bonchev–Trinajstić information content (AvgIpc) is 2.46. The van der Waals surface area contributed by atoms with Gasteiger partial charge in [0, 0.05) is 16.1 Å². The molecule has 0 saturated heterocycles. The molecule has 0 aliphatic carbocycles. The Labute approximate surface area is 76.5 Å². The summed E-state index contributed by atoms with van der Waals surface area (Å²) < 4.78 is 5.94. The summed E-state index contributed by atoms with van der Waals surface area (Å²) in [6.45, 7) is 0. The van der Waals surface area contributed by atoms with Crippen molar-refractivity contribution in [2.45, 2.75) is 0 Å². The third-order valence-electron chi connectivity index (χ3n) is 1.47. The maximum Gasteiger partial charge on any atom is 0.226 e. The summed E-state index contributed by atoms with van der Waals surface area (Å²) >= 11 is 3.27. The molecule has 2 aromatic rings. The Kier molecular flexibility index (Phi) is 1.69. The Morgan fingerprint density at radius 1 is 1.50 bits per heavy atom. The van der Waals surface area contributed by atoms with Crippen LogP contribution in [0.5, 0.6) is 0 Å². The van der Waals surface area contributed by atoms with Gasteiger partial charge in [-0.25, -0.2) is 4.98 Å². The van der Waals surface area contributed by atoms with Crippen LogP contribution in [0.15, 0.2) is 27.2 Å². The predicted octanol–water partition coefficient (Wildman–Crippen LogP) is 2.40. The van der Waals surface area contributed by atoms with Crippen LogP contribution in [-0.2, 0) is 0 Å². The quantitative estimate of drug-likeness (QED) is 0.701. The Balaban J connectivity index is 2.75. The third kappa shape index (κ3) is 1.14. The first kappa shape index (κ1) is 7.49. The summed E-state index contributed by atoms with van der Waals surface area (Å²) in [7, 11) is 0. The number of hydrogen-bond donors (Lipinski definition) is 0. The largest absolute Gasteiger partial charge is 0.435 e. The molecule has 0 amide bonds. The van der Waals surface area contributed by atoms with E-state index >= 15 is 0 Å². The SMILES string of the molecule is O=Cc1cc2cc(Br)cnc2o1. The van der Waals surface area contributed by atoms with Gasteiger partial charge in [0.15, 0.2) is 12.0 Å². The molecule has 12 heavy (non-hydrogen) atoms. The molecule has 0 bridgehead atoms. The smallest absolute Gasteiger partial charge is 0.226 e. The molecular formula is C8H4BrNO2. The Hall–Kier alpha value is -1.16. The summed E-state index contributed by atoms with van der Waals surface area (Å²) in [5, 5.41) is 0.825. The summed E-state index contributed by atoms with van der Waals surface area (Å²) in [6, 6.07) is 3.50. The first-order valence-corrected chi connectivity index (χ1v) is 4.09. The summed E-state index contributed by atoms with van der Waals surface area (Å²) in [5.74, 6) is 0.301. The molecule has 0 spiro atoms. The summed E-state index contributed by atoms with van der Waals surface area (Å²) in [6.07, 6.45) is 2.29. The number of halogens is 1. The molecule has 3 nitrogen and oxygen atoms in total. The van der Waals surface area contributed by atoms with Gasteiger partial charge in [0.05, 0.1) is 0 Å². The standard InChI is InChI=1S/C8H4BrNO2/c9-6-1-5-2-7(4-11)12-8(5)10-3-6/h1-4H. The maximum absolute atomic E-state index is 10.3. The van der Waals surface area contributed by atoms with Crippen molar-refractivity contribution < 1.29 is 9.21 Å². The van der Waals surface area contributed by atoms with Crippen LogP contribution >= 0.6 is 15.9 Å². The Morgan fingerprint density at radius 2 is 2.33 bits per heavy atom. The van der Waals surface area contributed by atoms with Gasteiger partial charge in [0.2, 0.25) is 5.71 Å². The summed E-state index contributed by atoms with van der Waals surface area (Å²) in [5.41, 5.74) is 0.486. The summed E-state index contributed by atoms with van der Waals surface area (Å²) in [4.78, 5) is 14.3. The van der Waals surface area contributed by atoms with Crippen molar-refractivity contribution >= 4 is 33.3 Å². The van der Waals surface area contributed by atoms with Crippen LogP contribution in [0.3, 0.4) is 0 Å². The van der Waals surface area contributed by atoms with Gasteiger partial charge in [-0.1, -0.05) is 0 Å². The molecule has 0 atom stereocenters. The van der Waals surface area contributed by atoms with Gasteiger partial charge in [0.25, 0.3) is 0 Å². The van der Waals surface area contributed by atoms with Crippen LogP contribution < -0.4 is 0 Å². The van der Waals surface area contributed by atoms with E-state index in [0.717, 1.165) is 9.86 Å². The monoisotopic (exact) mass is 225 g/mol. The number of hydrogen-bond acceptors (Lipinski definition) is 3. The van der Waals surface area contributed by atoms with Gasteiger partial charge in [-0.2, -0.15) is 0 Å². The van der Waals surface area contributed by atoms with E-state index in [0.29, 0.717) is 17.8 Å². The lowest BCUT2D eigenvalue weighted by Gasteiger charge is -1.86. The highest BCUT2D eigenvalue weighted by atomic mass is 79.9. The van der Waals surface area contributed by atoms with Crippen molar-refractivity contribution in [2.75, 3.05) is 0 Å². The zero-order chi connectivity index (χ0) is 8.55. The van der Waals surface area contributed by atoms with Crippen LogP contribution in [0.1, 0.15) is 10.6 Å². The van der Waals surface area contributed by atoms with Gasteiger partial charge in [-0.15, -0.1) is 0 Å². The molecule has 0 unspecified atom stereocenters. The highest BCUT2D eigenvalue weighted by Gasteiger charge is 2.03. The van der Waals surface area contributed by atoms with Crippen molar-refractivity contribution in [3.05, 3.63) is 28.6 Å². The molecule has 0 saturated carbocycles. The minimum atomic E-state index is 0.301. The van der Waals surface area contributed by atoms with Crippen LogP contribution in [0.25, 0.3) is 11.1 Å². The number of nitrogens with zero attached hydrogens (tertiary/aromatic N) is 1. The van der Waals surface area contributed by atoms with E-state index in [-0.39, 0.29) is 0 Å². The molecule has 0 radical (unpaired) electrons. The number of pyridine rings is 1. The number of carbonyl (C=O) groups excluding carboxylic acids is 1. The van der Waals surface area contributed by atoms with E-state index in [4.69, 9.17) is 4.42 Å². The third-order valence-corrected chi connectivity index (χ3v) is 1.91. The molecular weight excluding hydrogens is 222 g/mol. The van der Waals surface area contributed by atoms with E-state index in [1.54, 1.807) is 12.3 Å². The fourth-order valence-corrected chi connectivity index (χ4v) is 1.33. The number of rotatable bonds is 1. The van der Waals surface area contributed by atoms with Crippen LogP contribution in [0.2, 0.25) is 0 Å². The Bertz CT molecular complexity index is 436. The fourth-order valence-electron chi connectivity index (χ4n) is 0.984. The van der Waals surface area contributed by atoms with Gasteiger partial charge < -0.3 is 4.42 Å². The molecule has 0 aliphatic rings. The second kappa shape index (κ2) is 2.71. The predicted molar refractivity (Wildman–Crippen MR) is 47.1 cm³/mol. The molecule has 0 N–H and O–H groups in total. The first-order chi connectivity index (χ1) is 5.79. The van der Waals surface area contributed by atoms with Crippen LogP contribution in [-0.4, -0.2) is 11.3 Å². The molecule has 2 heterocycles. The molecule has 0 fully saturated rings. The highest BCUT2D eigenvalue weighted by molar-refractivity contribution is 9.10. The lowest BCUT2D eigenvalue weighted by atomic mass is 10.3. The zero-order valence-electron chi connectivity index (χ0n) is 5.95. The number of carbonyl (C=O) groups is 1. The molecule has 0 aromatic carbocycles. The minimum Gasteiger partial charge on any atom is -0.435 e. The minimum absolute atomic E-state index is 0.301. The van der Waals surface area contributed by atoms with Crippen LogP contribution in [0, 0.1) is 0 Å². The Morgan fingerprint density at radius 3 is 3.08 bits per heavy atom. The number of aldehydes is 1. The normalized spacial score (nSPS) is 10.4. The zero-order valence-corrected chi connectivity index (χ0v) is 7.54. The van der Waals surface area contributed by atoms with Crippen molar-refractivity contribution in [1.29, 1.82) is 0 Å². The molecule has 2 rings (SSSR count). The number of fused-ring (bicyclic) bond motifs is 1. The molecule has 2 aromatic heterocycles. The van der Waals surface area contributed by atoms with E-state index in [9.17, 15) is 4.79 Å². The van der Waals surface area contributed by atoms with Crippen molar-refractivity contribution in [3.8, 4) is 0 Å². The van der Waals surface area contributed by atoms with Crippen molar-refractivity contribution in [1.82, 2.24) is 4.98 Å². The van der Waals surface area contributed by atoms with E-state index in [1.807, 2.05) is 6.07 Å². The van der Waals surface area contributed by atoms with Crippen LogP contribution in [0.4, 0.5) is 0 Å². The fraction of sp³-hybridized carbons (Fsp3) is 0. The highest BCUT2D eigenvalue weighted by Crippen LogP contribution is 2.19. The number of furan rings is 1. The van der Waals surface area contributed by atoms with Gasteiger partial charge in [-0.3, -0.25) is 4.79 Å². The molecule has 4 heteroatoms. The second-order valence-electron chi connectivity index (χ2n) is 2.31. The van der Waals surface area contributed by atoms with Crippen molar-refractivity contribution in [2.24, 2.45) is 0 Å². The van der Waals surface area contributed by atoms with Gasteiger partial charge in [0.1, 0.15) is 0 Å². The first-order valence-electron chi connectivity index (χ1n) is 3.30. The van der Waals surface area contributed by atoms with E-state index < -0.39 is 0 Å². The lowest BCUT2D eigenvalue weighted by molar-refractivity contribution is 0.110. The maximum atomic E-state index is 10.3. The molecule has 60 valence electrons. The number of aromatic nitrogens is 1.